The molecule has 0 bridgehead atoms. The van der Waals surface area contributed by atoms with Crippen molar-refractivity contribution in [3.05, 3.63) is 83.9 Å². The van der Waals surface area contributed by atoms with Crippen molar-refractivity contribution in [1.29, 1.82) is 0 Å². The number of hydrogen-bond acceptors (Lipinski definition) is 5. The number of carbonyl (C=O) groups excluding carboxylic acids is 2. The highest BCUT2D eigenvalue weighted by molar-refractivity contribution is 6.09. The molecule has 0 aromatic heterocycles. The fourth-order valence-electron chi connectivity index (χ4n) is 4.03. The Bertz CT molecular complexity index is 1100. The Morgan fingerprint density at radius 2 is 1.36 bits per heavy atom. The summed E-state index contributed by atoms with van der Waals surface area (Å²) in [6, 6.07) is 22.2. The molecule has 170 valence electrons. The molecule has 0 atom stereocenters. The Balaban J connectivity index is 1.49. The molecule has 3 aromatic carbocycles. The summed E-state index contributed by atoms with van der Waals surface area (Å²) in [6.45, 7) is 2.56. The predicted octanol–water partition coefficient (Wildman–Crippen LogP) is 3.92. The van der Waals surface area contributed by atoms with Gasteiger partial charge >= 0.3 is 0 Å². The molecule has 0 spiro atoms. The predicted molar refractivity (Wildman–Crippen MR) is 128 cm³/mol. The van der Waals surface area contributed by atoms with E-state index in [1.807, 2.05) is 59.5 Å². The van der Waals surface area contributed by atoms with Crippen LogP contribution in [-0.2, 0) is 0 Å². The monoisotopic (exact) mass is 445 g/mol. The van der Waals surface area contributed by atoms with Gasteiger partial charge in [-0.25, -0.2) is 0 Å². The lowest BCUT2D eigenvalue weighted by atomic mass is 10.1. The van der Waals surface area contributed by atoms with Crippen LogP contribution >= 0.6 is 0 Å². The number of nitrogens with one attached hydrogen (secondary N) is 1. The molecule has 4 rings (SSSR count). The molecule has 0 radical (unpaired) electrons. The average molecular weight is 446 g/mol. The second-order valence-corrected chi connectivity index (χ2v) is 7.65. The number of ether oxygens (including phenoxy) is 2. The Labute approximate surface area is 193 Å². The van der Waals surface area contributed by atoms with Gasteiger partial charge in [0.1, 0.15) is 17.1 Å². The maximum atomic E-state index is 13.2. The first-order valence-corrected chi connectivity index (χ1v) is 10.8. The van der Waals surface area contributed by atoms with Gasteiger partial charge in [-0.2, -0.15) is 0 Å². The molecular formula is C26H27N3O4. The third-order valence-electron chi connectivity index (χ3n) is 5.74. The van der Waals surface area contributed by atoms with Crippen LogP contribution in [0.2, 0.25) is 0 Å². The zero-order chi connectivity index (χ0) is 23.2. The summed E-state index contributed by atoms with van der Waals surface area (Å²) in [5.41, 5.74) is 2.64. The zero-order valence-electron chi connectivity index (χ0n) is 18.8. The number of rotatable bonds is 6. The van der Waals surface area contributed by atoms with E-state index in [4.69, 9.17) is 9.47 Å². The number of para-hydroxylation sites is 2. The van der Waals surface area contributed by atoms with Crippen molar-refractivity contribution in [3.8, 4) is 11.5 Å². The molecule has 0 saturated carbocycles. The van der Waals surface area contributed by atoms with Crippen molar-refractivity contribution in [1.82, 2.24) is 4.90 Å². The van der Waals surface area contributed by atoms with Crippen LogP contribution in [0.3, 0.4) is 0 Å². The number of amides is 2. The van der Waals surface area contributed by atoms with Crippen molar-refractivity contribution in [2.24, 2.45) is 0 Å². The molecule has 0 aliphatic carbocycles. The number of methoxy groups -OCH3 is 2. The summed E-state index contributed by atoms with van der Waals surface area (Å²) in [4.78, 5) is 30.0. The summed E-state index contributed by atoms with van der Waals surface area (Å²) >= 11 is 0. The number of piperazine rings is 1. The molecule has 1 heterocycles. The SMILES string of the molecule is COc1cccc(OC)c1C(=O)Nc1ccccc1N1CCN(C(=O)c2ccccc2)CC1. The van der Waals surface area contributed by atoms with Gasteiger partial charge in [0.15, 0.2) is 0 Å². The highest BCUT2D eigenvalue weighted by Gasteiger charge is 2.25. The molecule has 2 amide bonds. The van der Waals surface area contributed by atoms with Gasteiger partial charge in [-0.15, -0.1) is 0 Å². The van der Waals surface area contributed by atoms with E-state index in [0.717, 1.165) is 5.69 Å². The maximum Gasteiger partial charge on any atom is 0.263 e. The maximum absolute atomic E-state index is 13.2. The smallest absolute Gasteiger partial charge is 0.263 e. The van der Waals surface area contributed by atoms with E-state index >= 15 is 0 Å². The minimum Gasteiger partial charge on any atom is -0.496 e. The van der Waals surface area contributed by atoms with Gasteiger partial charge in [0.25, 0.3) is 11.8 Å². The summed E-state index contributed by atoms with van der Waals surface area (Å²) in [5.74, 6) is 0.615. The molecule has 1 fully saturated rings. The fraction of sp³-hybridized carbons (Fsp3) is 0.231. The fourth-order valence-corrected chi connectivity index (χ4v) is 4.03. The molecule has 0 unspecified atom stereocenters. The minimum atomic E-state index is -0.311. The highest BCUT2D eigenvalue weighted by atomic mass is 16.5. The molecule has 1 saturated heterocycles. The van der Waals surface area contributed by atoms with Gasteiger partial charge in [0.05, 0.1) is 25.6 Å². The summed E-state index contributed by atoms with van der Waals surface area (Å²) in [5, 5.41) is 3.01. The first-order valence-electron chi connectivity index (χ1n) is 10.8. The van der Waals surface area contributed by atoms with E-state index in [9.17, 15) is 9.59 Å². The summed E-state index contributed by atoms with van der Waals surface area (Å²) in [6.07, 6.45) is 0. The van der Waals surface area contributed by atoms with Gasteiger partial charge in [-0.3, -0.25) is 9.59 Å². The van der Waals surface area contributed by atoms with Crippen molar-refractivity contribution in [2.45, 2.75) is 0 Å². The molecule has 7 nitrogen and oxygen atoms in total. The number of anilines is 2. The van der Waals surface area contributed by atoms with E-state index in [1.165, 1.54) is 14.2 Å². The first kappa shape index (κ1) is 22.2. The van der Waals surface area contributed by atoms with Gasteiger partial charge < -0.3 is 24.6 Å². The molecule has 1 aliphatic rings. The van der Waals surface area contributed by atoms with Gasteiger partial charge in [0.2, 0.25) is 0 Å². The molecule has 1 N–H and O–H groups in total. The normalized spacial score (nSPS) is 13.4. The lowest BCUT2D eigenvalue weighted by molar-refractivity contribution is 0.0746. The Hall–Kier alpha value is -4.00. The topological polar surface area (TPSA) is 71.1 Å². The molecule has 33 heavy (non-hydrogen) atoms. The number of benzene rings is 3. The van der Waals surface area contributed by atoms with E-state index in [-0.39, 0.29) is 11.8 Å². The number of hydrogen-bond donors (Lipinski definition) is 1. The first-order chi connectivity index (χ1) is 16.1. The van der Waals surface area contributed by atoms with Gasteiger partial charge in [0, 0.05) is 31.7 Å². The molecule has 3 aromatic rings. The Morgan fingerprint density at radius 1 is 0.758 bits per heavy atom. The Kier molecular flexibility index (Phi) is 6.78. The number of nitrogens with zero attached hydrogens (tertiary/aromatic N) is 2. The standard InChI is InChI=1S/C26H27N3O4/c1-32-22-13-8-14-23(33-2)24(22)25(30)27-20-11-6-7-12-21(20)28-15-17-29(18-16-28)26(31)19-9-4-3-5-10-19/h3-14H,15-18H2,1-2H3,(H,27,30). The number of carbonyl (C=O) groups is 2. The van der Waals surface area contributed by atoms with Crippen molar-refractivity contribution in [3.63, 3.8) is 0 Å². The van der Waals surface area contributed by atoms with E-state index in [2.05, 4.69) is 10.2 Å². The highest BCUT2D eigenvalue weighted by Crippen LogP contribution is 2.32. The zero-order valence-corrected chi connectivity index (χ0v) is 18.8. The van der Waals surface area contributed by atoms with E-state index in [0.29, 0.717) is 54.5 Å². The average Bonchev–Trinajstić information content (AvgIpc) is 2.88. The van der Waals surface area contributed by atoms with E-state index < -0.39 is 0 Å². The molecule has 1 aliphatic heterocycles. The second-order valence-electron chi connectivity index (χ2n) is 7.65. The Morgan fingerprint density at radius 3 is 2.00 bits per heavy atom. The summed E-state index contributed by atoms with van der Waals surface area (Å²) in [7, 11) is 3.05. The van der Waals surface area contributed by atoms with Crippen LogP contribution in [0.15, 0.2) is 72.8 Å². The third kappa shape index (κ3) is 4.77. The lowest BCUT2D eigenvalue weighted by Gasteiger charge is -2.37. The van der Waals surface area contributed by atoms with E-state index in [1.54, 1.807) is 18.2 Å². The third-order valence-corrected chi connectivity index (χ3v) is 5.74. The van der Waals surface area contributed by atoms with Crippen molar-refractivity contribution >= 4 is 23.2 Å². The van der Waals surface area contributed by atoms with Crippen molar-refractivity contribution < 1.29 is 19.1 Å². The van der Waals surface area contributed by atoms with Crippen molar-refractivity contribution in [2.75, 3.05) is 50.6 Å². The molecule has 7 heteroatoms. The van der Waals surface area contributed by atoms with Crippen LogP contribution in [0.4, 0.5) is 11.4 Å². The second kappa shape index (κ2) is 10.1. The van der Waals surface area contributed by atoms with Crippen LogP contribution < -0.4 is 19.7 Å². The van der Waals surface area contributed by atoms with Crippen LogP contribution in [0.1, 0.15) is 20.7 Å². The largest absolute Gasteiger partial charge is 0.496 e. The quantitative estimate of drug-likeness (QED) is 0.623. The minimum absolute atomic E-state index is 0.0418. The summed E-state index contributed by atoms with van der Waals surface area (Å²) < 4.78 is 10.8. The lowest BCUT2D eigenvalue weighted by Crippen LogP contribution is -2.49. The van der Waals surface area contributed by atoms with Crippen LogP contribution in [0.5, 0.6) is 11.5 Å². The van der Waals surface area contributed by atoms with Crippen LogP contribution in [0.25, 0.3) is 0 Å². The van der Waals surface area contributed by atoms with Crippen LogP contribution in [0, 0.1) is 0 Å². The molecular weight excluding hydrogens is 418 g/mol. The van der Waals surface area contributed by atoms with Gasteiger partial charge in [-0.1, -0.05) is 36.4 Å². The van der Waals surface area contributed by atoms with Crippen LogP contribution in [-0.4, -0.2) is 57.1 Å². The van der Waals surface area contributed by atoms with Gasteiger partial charge in [-0.05, 0) is 36.4 Å².